The number of aryl methyl sites for hydroxylation is 1. The standard InChI is InChI=1S/C23H27ClF3N3O4S/c1-5-28-22(32)16(3)29(13-17-8-6-15(2)7-9-17)21(31)14-30(35(4,33)34)18-10-11-20(24)19(12-18)23(25,26)27/h6-12,16H,5,13-14H2,1-4H3,(H,28,32). The number of amides is 2. The lowest BCUT2D eigenvalue weighted by Gasteiger charge is -2.31. The maximum Gasteiger partial charge on any atom is 0.417 e. The summed E-state index contributed by atoms with van der Waals surface area (Å²) in [7, 11) is -4.18. The third-order valence-corrected chi connectivity index (χ3v) is 6.68. The fourth-order valence-electron chi connectivity index (χ4n) is 3.29. The zero-order chi connectivity index (χ0) is 26.6. The predicted molar refractivity (Wildman–Crippen MR) is 129 cm³/mol. The number of rotatable bonds is 9. The first-order valence-corrected chi connectivity index (χ1v) is 12.8. The van der Waals surface area contributed by atoms with E-state index in [1.54, 1.807) is 19.1 Å². The number of likely N-dealkylation sites (N-methyl/N-ethyl adjacent to an activating group) is 1. The number of hydrogen-bond donors (Lipinski definition) is 1. The molecule has 0 aliphatic heterocycles. The molecule has 192 valence electrons. The molecule has 7 nitrogen and oxygen atoms in total. The van der Waals surface area contributed by atoms with Crippen LogP contribution in [0.2, 0.25) is 5.02 Å². The molecule has 0 aliphatic carbocycles. The molecule has 2 amide bonds. The highest BCUT2D eigenvalue weighted by Crippen LogP contribution is 2.37. The zero-order valence-electron chi connectivity index (χ0n) is 19.7. The van der Waals surface area contributed by atoms with E-state index in [-0.39, 0.29) is 12.2 Å². The van der Waals surface area contributed by atoms with Crippen LogP contribution in [0, 0.1) is 6.92 Å². The fraction of sp³-hybridized carbons (Fsp3) is 0.391. The third kappa shape index (κ3) is 7.60. The number of halogens is 4. The molecule has 0 aliphatic rings. The number of carbonyl (C=O) groups is 2. The van der Waals surface area contributed by atoms with Crippen molar-refractivity contribution in [3.05, 3.63) is 64.2 Å². The highest BCUT2D eigenvalue weighted by Gasteiger charge is 2.35. The zero-order valence-corrected chi connectivity index (χ0v) is 21.3. The summed E-state index contributed by atoms with van der Waals surface area (Å²) in [4.78, 5) is 27.0. The second kappa shape index (κ2) is 11.3. The Balaban J connectivity index is 2.46. The van der Waals surface area contributed by atoms with Crippen LogP contribution in [0.4, 0.5) is 18.9 Å². The lowest BCUT2D eigenvalue weighted by atomic mass is 10.1. The van der Waals surface area contributed by atoms with Crippen molar-refractivity contribution in [1.29, 1.82) is 0 Å². The van der Waals surface area contributed by atoms with Crippen molar-refractivity contribution in [1.82, 2.24) is 10.2 Å². The number of sulfonamides is 1. The molecule has 2 aromatic carbocycles. The molecule has 0 saturated carbocycles. The summed E-state index contributed by atoms with van der Waals surface area (Å²) in [6.45, 7) is 4.58. The average Bonchev–Trinajstić information content (AvgIpc) is 2.75. The van der Waals surface area contributed by atoms with Crippen molar-refractivity contribution in [3.8, 4) is 0 Å². The van der Waals surface area contributed by atoms with Gasteiger partial charge in [0.2, 0.25) is 21.8 Å². The lowest BCUT2D eigenvalue weighted by Crippen LogP contribution is -2.51. The Bertz CT molecular complexity index is 1170. The Kier molecular flexibility index (Phi) is 9.18. The Morgan fingerprint density at radius 1 is 1.11 bits per heavy atom. The van der Waals surface area contributed by atoms with E-state index in [1.807, 2.05) is 19.1 Å². The lowest BCUT2D eigenvalue weighted by molar-refractivity contribution is -0.139. The second-order valence-corrected chi connectivity index (χ2v) is 10.3. The van der Waals surface area contributed by atoms with Gasteiger partial charge in [-0.2, -0.15) is 13.2 Å². The summed E-state index contributed by atoms with van der Waals surface area (Å²) in [5.74, 6) is -1.22. The first kappa shape index (κ1) is 28.4. The van der Waals surface area contributed by atoms with Crippen molar-refractivity contribution < 1.29 is 31.2 Å². The van der Waals surface area contributed by atoms with Crippen LogP contribution in [-0.2, 0) is 32.3 Å². The maximum atomic E-state index is 13.3. The van der Waals surface area contributed by atoms with Crippen LogP contribution in [0.15, 0.2) is 42.5 Å². The number of carbonyl (C=O) groups excluding carboxylic acids is 2. The number of hydrogen-bond acceptors (Lipinski definition) is 4. The molecule has 0 spiro atoms. The van der Waals surface area contributed by atoms with Gasteiger partial charge >= 0.3 is 6.18 Å². The maximum absolute atomic E-state index is 13.3. The van der Waals surface area contributed by atoms with Crippen LogP contribution >= 0.6 is 11.6 Å². The molecule has 0 heterocycles. The highest BCUT2D eigenvalue weighted by atomic mass is 35.5. The normalized spacial score (nSPS) is 12.7. The summed E-state index contributed by atoms with van der Waals surface area (Å²) in [6.07, 6.45) is -4.05. The van der Waals surface area contributed by atoms with Crippen molar-refractivity contribution in [2.75, 3.05) is 23.7 Å². The van der Waals surface area contributed by atoms with Crippen LogP contribution in [0.1, 0.15) is 30.5 Å². The molecule has 0 fully saturated rings. The predicted octanol–water partition coefficient (Wildman–Crippen LogP) is 3.99. The van der Waals surface area contributed by atoms with Gasteiger partial charge in [0.1, 0.15) is 12.6 Å². The van der Waals surface area contributed by atoms with Crippen molar-refractivity contribution in [2.24, 2.45) is 0 Å². The van der Waals surface area contributed by atoms with Gasteiger partial charge < -0.3 is 10.2 Å². The molecule has 0 saturated heterocycles. The van der Waals surface area contributed by atoms with Crippen molar-refractivity contribution >= 4 is 39.1 Å². The molecular formula is C23H27ClF3N3O4S. The molecule has 1 atom stereocenters. The summed E-state index contributed by atoms with van der Waals surface area (Å²) < 4.78 is 65.6. The molecule has 35 heavy (non-hydrogen) atoms. The number of alkyl halides is 3. The van der Waals surface area contributed by atoms with Crippen molar-refractivity contribution in [3.63, 3.8) is 0 Å². The third-order valence-electron chi connectivity index (χ3n) is 5.21. The van der Waals surface area contributed by atoms with E-state index in [1.165, 1.54) is 11.8 Å². The Morgan fingerprint density at radius 2 is 1.71 bits per heavy atom. The Labute approximate surface area is 207 Å². The van der Waals surface area contributed by atoms with E-state index >= 15 is 0 Å². The van der Waals surface area contributed by atoms with E-state index < -0.39 is 51.2 Å². The summed E-state index contributed by atoms with van der Waals surface area (Å²) in [5, 5.41) is 2.01. The SMILES string of the molecule is CCNC(=O)C(C)N(Cc1ccc(C)cc1)C(=O)CN(c1ccc(Cl)c(C(F)(F)F)c1)S(C)(=O)=O. The molecule has 0 aromatic heterocycles. The van der Waals surface area contributed by atoms with Crippen LogP contribution < -0.4 is 9.62 Å². The Morgan fingerprint density at radius 3 is 2.23 bits per heavy atom. The van der Waals surface area contributed by atoms with Crippen LogP contribution in [0.5, 0.6) is 0 Å². The van der Waals surface area contributed by atoms with Crippen LogP contribution in [0.25, 0.3) is 0 Å². The smallest absolute Gasteiger partial charge is 0.355 e. The summed E-state index contributed by atoms with van der Waals surface area (Å²) >= 11 is 5.66. The number of benzene rings is 2. The van der Waals surface area contributed by atoms with E-state index in [9.17, 15) is 31.2 Å². The Hall–Kier alpha value is -2.79. The first-order chi connectivity index (χ1) is 16.1. The van der Waals surface area contributed by atoms with Crippen molar-refractivity contribution in [2.45, 2.75) is 39.5 Å². The van der Waals surface area contributed by atoms with E-state index in [4.69, 9.17) is 11.6 Å². The quantitative estimate of drug-likeness (QED) is 0.528. The van der Waals surface area contributed by atoms with Crippen LogP contribution in [-0.4, -0.2) is 50.5 Å². The molecule has 2 aromatic rings. The number of anilines is 1. The van der Waals surface area contributed by atoms with Gasteiger partial charge in [0.15, 0.2) is 0 Å². The highest BCUT2D eigenvalue weighted by molar-refractivity contribution is 7.92. The molecule has 12 heteroatoms. The molecule has 2 rings (SSSR count). The van der Waals surface area contributed by atoms with Gasteiger partial charge in [0.05, 0.1) is 22.5 Å². The topological polar surface area (TPSA) is 86.8 Å². The molecule has 0 radical (unpaired) electrons. The summed E-state index contributed by atoms with van der Waals surface area (Å²) in [5.41, 5.74) is 0.0650. The van der Waals surface area contributed by atoms with Gasteiger partial charge in [-0.1, -0.05) is 41.4 Å². The fourth-order valence-corrected chi connectivity index (χ4v) is 4.36. The van der Waals surface area contributed by atoms with Gasteiger partial charge in [-0.3, -0.25) is 13.9 Å². The second-order valence-electron chi connectivity index (χ2n) is 8.01. The minimum atomic E-state index is -4.83. The van der Waals surface area contributed by atoms with Gasteiger partial charge in [-0.25, -0.2) is 8.42 Å². The molecule has 1 N–H and O–H groups in total. The van der Waals surface area contributed by atoms with E-state index in [2.05, 4.69) is 5.32 Å². The summed E-state index contributed by atoms with van der Waals surface area (Å²) in [6, 6.07) is 8.79. The van der Waals surface area contributed by atoms with Gasteiger partial charge in [0, 0.05) is 13.1 Å². The minimum absolute atomic E-state index is 0.0105. The largest absolute Gasteiger partial charge is 0.417 e. The molecule has 1 unspecified atom stereocenters. The molecule has 0 bridgehead atoms. The number of nitrogens with one attached hydrogen (secondary N) is 1. The van der Waals surface area contributed by atoms with Gasteiger partial charge in [-0.15, -0.1) is 0 Å². The van der Waals surface area contributed by atoms with E-state index in [0.29, 0.717) is 22.5 Å². The minimum Gasteiger partial charge on any atom is -0.355 e. The van der Waals surface area contributed by atoms with Gasteiger partial charge in [0.25, 0.3) is 0 Å². The average molecular weight is 534 g/mol. The van der Waals surface area contributed by atoms with Gasteiger partial charge in [-0.05, 0) is 44.5 Å². The first-order valence-electron chi connectivity index (χ1n) is 10.6. The molecular weight excluding hydrogens is 507 g/mol. The van der Waals surface area contributed by atoms with E-state index in [0.717, 1.165) is 24.0 Å². The number of nitrogens with zero attached hydrogens (tertiary/aromatic N) is 2. The monoisotopic (exact) mass is 533 g/mol. The van der Waals surface area contributed by atoms with Crippen LogP contribution in [0.3, 0.4) is 0 Å².